The second-order valence-corrected chi connectivity index (χ2v) is 7.11. The van der Waals surface area contributed by atoms with Crippen LogP contribution < -0.4 is 16.2 Å². The lowest BCUT2D eigenvalue weighted by atomic mass is 9.94. The molecule has 2 aromatic carbocycles. The normalized spacial score (nSPS) is 12.3. The fraction of sp³-hybridized carbons (Fsp3) is 0.136. The highest BCUT2D eigenvalue weighted by Crippen LogP contribution is 2.34. The molecule has 4 N–H and O–H groups in total. The molecule has 0 fully saturated rings. The Kier molecular flexibility index (Phi) is 6.91. The highest BCUT2D eigenvalue weighted by atomic mass is 19.4. The summed E-state index contributed by atoms with van der Waals surface area (Å²) in [5.41, 5.74) is 10.8. The van der Waals surface area contributed by atoms with Gasteiger partial charge < -0.3 is 16.2 Å². The number of esters is 1. The average Bonchev–Trinajstić information content (AvgIpc) is 2.73. The van der Waals surface area contributed by atoms with E-state index in [9.17, 15) is 35.9 Å². The monoisotopic (exact) mass is 483 g/mol. The number of nitrogens with two attached hydrogens (primary N) is 2. The van der Waals surface area contributed by atoms with Crippen LogP contribution in [0.3, 0.4) is 0 Å². The zero-order chi connectivity index (χ0) is 25.2. The lowest BCUT2D eigenvalue weighted by molar-refractivity contribution is -0.189. The van der Waals surface area contributed by atoms with Crippen LogP contribution in [-0.4, -0.2) is 23.0 Å². The van der Waals surface area contributed by atoms with E-state index in [1.54, 1.807) is 0 Å². The summed E-state index contributed by atoms with van der Waals surface area (Å²) in [6, 6.07) is 6.31. The van der Waals surface area contributed by atoms with Crippen LogP contribution in [0.15, 0.2) is 48.7 Å². The SMILES string of the molecule is NC(=O)c1cc(-c2cccnc2[C@@H](N)Cc2cc(F)cc(F)c2)cc(OC(=O)C(F)(F)F)c1F. The van der Waals surface area contributed by atoms with E-state index in [0.29, 0.717) is 6.07 Å². The Balaban J connectivity index is 2.07. The van der Waals surface area contributed by atoms with Gasteiger partial charge >= 0.3 is 12.1 Å². The Morgan fingerprint density at radius 3 is 2.26 bits per heavy atom. The van der Waals surface area contributed by atoms with Crippen LogP contribution >= 0.6 is 0 Å². The van der Waals surface area contributed by atoms with Gasteiger partial charge in [-0.2, -0.15) is 13.2 Å². The lowest BCUT2D eigenvalue weighted by Crippen LogP contribution is -2.28. The molecule has 1 atom stereocenters. The van der Waals surface area contributed by atoms with Crippen molar-refractivity contribution in [2.75, 3.05) is 0 Å². The Labute approximate surface area is 188 Å². The van der Waals surface area contributed by atoms with Crippen LogP contribution in [0.25, 0.3) is 11.1 Å². The minimum atomic E-state index is -5.43. The van der Waals surface area contributed by atoms with Crippen molar-refractivity contribution in [2.24, 2.45) is 11.5 Å². The van der Waals surface area contributed by atoms with Crippen molar-refractivity contribution in [3.05, 3.63) is 82.9 Å². The molecular formula is C22H15F6N3O3. The molecule has 34 heavy (non-hydrogen) atoms. The first kappa shape index (κ1) is 24.7. The molecule has 0 saturated heterocycles. The van der Waals surface area contributed by atoms with Crippen LogP contribution in [0.1, 0.15) is 27.7 Å². The highest BCUT2D eigenvalue weighted by molar-refractivity contribution is 5.95. The summed E-state index contributed by atoms with van der Waals surface area (Å²) < 4.78 is 83.5. The fourth-order valence-electron chi connectivity index (χ4n) is 3.20. The number of rotatable bonds is 6. The smallest absolute Gasteiger partial charge is 0.417 e. The van der Waals surface area contributed by atoms with Crippen molar-refractivity contribution >= 4 is 11.9 Å². The number of primary amides is 1. The molecule has 0 saturated carbocycles. The molecule has 1 aromatic heterocycles. The number of hydrogen-bond acceptors (Lipinski definition) is 5. The topological polar surface area (TPSA) is 108 Å². The first-order chi connectivity index (χ1) is 15.9. The third-order valence-corrected chi connectivity index (χ3v) is 4.62. The van der Waals surface area contributed by atoms with Gasteiger partial charge in [0.15, 0.2) is 11.6 Å². The number of halogens is 6. The van der Waals surface area contributed by atoms with E-state index in [0.717, 1.165) is 24.3 Å². The van der Waals surface area contributed by atoms with Gasteiger partial charge in [0.2, 0.25) is 0 Å². The third-order valence-electron chi connectivity index (χ3n) is 4.62. The second kappa shape index (κ2) is 9.51. The quantitative estimate of drug-likeness (QED) is 0.313. The maximum atomic E-state index is 14.5. The van der Waals surface area contributed by atoms with Gasteiger partial charge in [0, 0.05) is 17.8 Å². The number of carbonyl (C=O) groups is 2. The molecule has 0 aliphatic carbocycles. The first-order valence-corrected chi connectivity index (χ1v) is 9.45. The van der Waals surface area contributed by atoms with Gasteiger partial charge in [-0.3, -0.25) is 9.78 Å². The zero-order valence-electron chi connectivity index (χ0n) is 17.0. The molecule has 0 unspecified atom stereocenters. The minimum absolute atomic E-state index is 0.0934. The van der Waals surface area contributed by atoms with E-state index in [-0.39, 0.29) is 28.8 Å². The van der Waals surface area contributed by atoms with E-state index >= 15 is 0 Å². The second-order valence-electron chi connectivity index (χ2n) is 7.11. The summed E-state index contributed by atoms with van der Waals surface area (Å²) in [6.07, 6.45) is -4.20. The van der Waals surface area contributed by atoms with Crippen molar-refractivity contribution in [2.45, 2.75) is 18.6 Å². The van der Waals surface area contributed by atoms with Crippen LogP contribution in [0.5, 0.6) is 5.75 Å². The largest absolute Gasteiger partial charge is 0.491 e. The van der Waals surface area contributed by atoms with Crippen molar-refractivity contribution in [1.29, 1.82) is 0 Å². The Hall–Kier alpha value is -3.93. The number of amides is 1. The maximum Gasteiger partial charge on any atom is 0.491 e. The van der Waals surface area contributed by atoms with Crippen molar-refractivity contribution < 1.29 is 40.7 Å². The Morgan fingerprint density at radius 1 is 1.03 bits per heavy atom. The molecule has 0 radical (unpaired) electrons. The van der Waals surface area contributed by atoms with Crippen molar-refractivity contribution in [3.8, 4) is 16.9 Å². The molecule has 3 aromatic rings. The van der Waals surface area contributed by atoms with Gasteiger partial charge in [-0.05, 0) is 47.9 Å². The summed E-state index contributed by atoms with van der Waals surface area (Å²) in [5, 5.41) is 0. The summed E-state index contributed by atoms with van der Waals surface area (Å²) >= 11 is 0. The van der Waals surface area contributed by atoms with Crippen molar-refractivity contribution in [1.82, 2.24) is 4.98 Å². The third kappa shape index (κ3) is 5.52. The molecule has 0 aliphatic rings. The van der Waals surface area contributed by atoms with Crippen LogP contribution in [0.2, 0.25) is 0 Å². The van der Waals surface area contributed by atoms with Crippen molar-refractivity contribution in [3.63, 3.8) is 0 Å². The average molecular weight is 483 g/mol. The van der Waals surface area contributed by atoms with E-state index < -0.39 is 52.9 Å². The van der Waals surface area contributed by atoms with Gasteiger partial charge in [-0.25, -0.2) is 18.0 Å². The zero-order valence-corrected chi connectivity index (χ0v) is 17.0. The van der Waals surface area contributed by atoms with Crippen LogP contribution in [0.4, 0.5) is 26.3 Å². The molecule has 0 bridgehead atoms. The molecule has 3 rings (SSSR count). The van der Waals surface area contributed by atoms with Gasteiger partial charge in [-0.15, -0.1) is 0 Å². The molecule has 178 valence electrons. The molecule has 12 heteroatoms. The minimum Gasteiger partial charge on any atom is -0.417 e. The Morgan fingerprint density at radius 2 is 1.68 bits per heavy atom. The number of aromatic nitrogens is 1. The number of benzene rings is 2. The Bertz CT molecular complexity index is 1240. The van der Waals surface area contributed by atoms with Crippen LogP contribution in [-0.2, 0) is 11.2 Å². The number of ether oxygens (including phenoxy) is 1. The van der Waals surface area contributed by atoms with Gasteiger partial charge in [0.25, 0.3) is 5.91 Å². The highest BCUT2D eigenvalue weighted by Gasteiger charge is 2.42. The first-order valence-electron chi connectivity index (χ1n) is 9.45. The standard InChI is InChI=1S/C22H15F6N3O3/c23-12-4-10(5-13(24)9-12)6-16(29)19-14(2-1-3-31-19)11-7-15(20(30)32)18(25)17(8-11)34-21(33)22(26,27)28/h1-5,7-9,16H,6,29H2,(H2,30,32)/t16-/m0/s1. The van der Waals surface area contributed by atoms with Crippen LogP contribution in [0, 0.1) is 17.5 Å². The molecule has 6 nitrogen and oxygen atoms in total. The summed E-state index contributed by atoms with van der Waals surface area (Å²) in [6.45, 7) is 0. The number of nitrogens with zero attached hydrogens (tertiary/aromatic N) is 1. The predicted molar refractivity (Wildman–Crippen MR) is 107 cm³/mol. The summed E-state index contributed by atoms with van der Waals surface area (Å²) in [5.74, 6) is -8.47. The van der Waals surface area contributed by atoms with E-state index in [4.69, 9.17) is 11.5 Å². The molecular weight excluding hydrogens is 468 g/mol. The predicted octanol–water partition coefficient (Wildman–Crippen LogP) is 3.98. The lowest BCUT2D eigenvalue weighted by Gasteiger charge is -2.17. The number of alkyl halides is 3. The van der Waals surface area contributed by atoms with E-state index in [1.807, 2.05) is 0 Å². The molecule has 1 heterocycles. The number of pyridine rings is 1. The summed E-state index contributed by atoms with van der Waals surface area (Å²) in [4.78, 5) is 27.0. The number of hydrogen-bond donors (Lipinski definition) is 2. The van der Waals surface area contributed by atoms with E-state index in [1.165, 1.54) is 18.3 Å². The maximum absolute atomic E-state index is 14.5. The molecule has 0 aliphatic heterocycles. The van der Waals surface area contributed by atoms with Gasteiger partial charge in [0.1, 0.15) is 11.6 Å². The fourth-order valence-corrected chi connectivity index (χ4v) is 3.20. The van der Waals surface area contributed by atoms with Gasteiger partial charge in [-0.1, -0.05) is 6.07 Å². The number of carbonyl (C=O) groups excluding carboxylic acids is 2. The molecule has 1 amide bonds. The molecule has 0 spiro atoms. The summed E-state index contributed by atoms with van der Waals surface area (Å²) in [7, 11) is 0. The van der Waals surface area contributed by atoms with Gasteiger partial charge in [0.05, 0.1) is 17.3 Å². The van der Waals surface area contributed by atoms with E-state index in [2.05, 4.69) is 9.72 Å².